The van der Waals surface area contributed by atoms with Crippen molar-refractivity contribution >= 4 is 32.7 Å². The third-order valence-electron chi connectivity index (χ3n) is 4.10. The molecule has 0 amide bonds. The van der Waals surface area contributed by atoms with Gasteiger partial charge < -0.3 is 9.72 Å². The molecule has 0 bridgehead atoms. The zero-order valence-corrected chi connectivity index (χ0v) is 15.1. The minimum Gasteiger partial charge on any atom is -0.493 e. The Labute approximate surface area is 153 Å². The summed E-state index contributed by atoms with van der Waals surface area (Å²) in [6, 6.07) is 12.2. The fourth-order valence-electron chi connectivity index (χ4n) is 2.86. The number of aromatic nitrogens is 4. The highest BCUT2D eigenvalue weighted by Gasteiger charge is 2.13. The van der Waals surface area contributed by atoms with Gasteiger partial charge in [-0.2, -0.15) is 0 Å². The molecule has 1 atom stereocenters. The van der Waals surface area contributed by atoms with Crippen molar-refractivity contribution in [3.63, 3.8) is 0 Å². The van der Waals surface area contributed by atoms with E-state index in [0.29, 0.717) is 23.8 Å². The zero-order valence-electron chi connectivity index (χ0n) is 14.3. The Morgan fingerprint density at radius 1 is 1.19 bits per heavy atom. The summed E-state index contributed by atoms with van der Waals surface area (Å²) in [7, 11) is -0.811. The van der Waals surface area contributed by atoms with Crippen molar-refractivity contribution in [1.29, 1.82) is 0 Å². The molecule has 2 aromatic carbocycles. The minimum absolute atomic E-state index is 0.505. The second-order valence-corrected chi connectivity index (χ2v) is 7.57. The number of H-pyrrole nitrogens is 1. The van der Waals surface area contributed by atoms with Gasteiger partial charge in [0.15, 0.2) is 5.65 Å². The first-order chi connectivity index (χ1) is 12.7. The van der Waals surface area contributed by atoms with Crippen LogP contribution in [0.5, 0.6) is 5.75 Å². The molecule has 26 heavy (non-hydrogen) atoms. The third kappa shape index (κ3) is 3.43. The largest absolute Gasteiger partial charge is 0.493 e. The molecule has 0 saturated heterocycles. The number of fused-ring (bicyclic) bond motifs is 2. The highest BCUT2D eigenvalue weighted by molar-refractivity contribution is 7.84. The van der Waals surface area contributed by atoms with Crippen LogP contribution in [-0.2, 0) is 10.8 Å². The van der Waals surface area contributed by atoms with Crippen LogP contribution in [0.1, 0.15) is 6.42 Å². The van der Waals surface area contributed by atoms with E-state index in [4.69, 9.17) is 4.74 Å². The fourth-order valence-corrected chi connectivity index (χ4v) is 3.38. The molecule has 0 aliphatic rings. The van der Waals surface area contributed by atoms with Crippen molar-refractivity contribution in [3.05, 3.63) is 48.9 Å². The van der Waals surface area contributed by atoms with Crippen LogP contribution in [0.2, 0.25) is 0 Å². The fraction of sp³-hybridized carbons (Fsp3) is 0.211. The summed E-state index contributed by atoms with van der Waals surface area (Å²) in [5, 5.41) is 2.21. The molecule has 1 N–H and O–H groups in total. The molecular weight excluding hydrogens is 348 g/mol. The van der Waals surface area contributed by atoms with Gasteiger partial charge >= 0.3 is 0 Å². The van der Waals surface area contributed by atoms with Gasteiger partial charge in [0, 0.05) is 22.8 Å². The molecule has 4 rings (SSSR count). The Bertz CT molecular complexity index is 1060. The highest BCUT2D eigenvalue weighted by atomic mass is 32.2. The molecule has 2 heterocycles. The van der Waals surface area contributed by atoms with Gasteiger partial charge in [-0.25, -0.2) is 15.0 Å². The van der Waals surface area contributed by atoms with Crippen LogP contribution in [0, 0.1) is 0 Å². The second-order valence-electron chi connectivity index (χ2n) is 6.02. The van der Waals surface area contributed by atoms with Crippen LogP contribution >= 0.6 is 0 Å². The summed E-state index contributed by atoms with van der Waals surface area (Å²) in [6.07, 6.45) is 5.63. The zero-order chi connectivity index (χ0) is 17.9. The van der Waals surface area contributed by atoms with E-state index in [1.54, 1.807) is 12.5 Å². The quantitative estimate of drug-likeness (QED) is 0.530. The van der Waals surface area contributed by atoms with Crippen LogP contribution in [0.25, 0.3) is 33.3 Å². The summed E-state index contributed by atoms with van der Waals surface area (Å²) < 4.78 is 17.3. The molecule has 2 aromatic heterocycles. The summed E-state index contributed by atoms with van der Waals surface area (Å²) in [5.41, 5.74) is 2.28. The lowest BCUT2D eigenvalue weighted by Gasteiger charge is -2.12. The highest BCUT2D eigenvalue weighted by Crippen LogP contribution is 2.33. The van der Waals surface area contributed by atoms with Gasteiger partial charge in [0.05, 0.1) is 18.4 Å². The van der Waals surface area contributed by atoms with E-state index < -0.39 is 10.8 Å². The minimum atomic E-state index is -0.811. The predicted molar refractivity (Wildman–Crippen MR) is 104 cm³/mol. The van der Waals surface area contributed by atoms with Crippen LogP contribution < -0.4 is 4.74 Å². The number of aromatic amines is 1. The molecule has 0 aliphatic carbocycles. The smallest absolute Gasteiger partial charge is 0.181 e. The predicted octanol–water partition coefficient (Wildman–Crippen LogP) is 3.32. The molecule has 7 heteroatoms. The van der Waals surface area contributed by atoms with Crippen molar-refractivity contribution in [3.8, 4) is 17.1 Å². The lowest BCUT2D eigenvalue weighted by Crippen LogP contribution is -2.04. The van der Waals surface area contributed by atoms with Crippen molar-refractivity contribution < 1.29 is 8.95 Å². The molecule has 4 aromatic rings. The van der Waals surface area contributed by atoms with Crippen molar-refractivity contribution in [1.82, 2.24) is 19.9 Å². The lowest BCUT2D eigenvalue weighted by atomic mass is 10.1. The summed E-state index contributed by atoms with van der Waals surface area (Å²) in [4.78, 5) is 16.0. The molecule has 0 spiro atoms. The number of hydrogen-bond donors (Lipinski definition) is 1. The third-order valence-corrected chi connectivity index (χ3v) is 4.96. The summed E-state index contributed by atoms with van der Waals surface area (Å²) >= 11 is 0. The Balaban J connectivity index is 1.75. The van der Waals surface area contributed by atoms with Crippen LogP contribution in [0.15, 0.2) is 48.9 Å². The number of ether oxygens (including phenoxy) is 1. The maximum atomic E-state index is 11.2. The topological polar surface area (TPSA) is 80.8 Å². The summed E-state index contributed by atoms with van der Waals surface area (Å²) in [5.74, 6) is 2.07. The SMILES string of the molecule is CS(=O)CCCOc1cc2ccccc2cc1-c1nc2ncncc2[nH]1. The molecule has 6 nitrogen and oxygen atoms in total. The average molecular weight is 366 g/mol. The number of nitrogens with zero attached hydrogens (tertiary/aromatic N) is 3. The standard InChI is InChI=1S/C19H18N4O2S/c1-26(24)8-4-7-25-17-10-14-6-3-2-5-13(14)9-15(17)18-22-16-11-20-12-21-19(16)23-18/h2-3,5-6,9-12H,4,7-8H2,1H3,(H,20,21,22,23). The summed E-state index contributed by atoms with van der Waals surface area (Å²) in [6.45, 7) is 0.505. The Kier molecular flexibility index (Phi) is 4.62. The van der Waals surface area contributed by atoms with Gasteiger partial charge in [-0.3, -0.25) is 4.21 Å². The van der Waals surface area contributed by atoms with Crippen LogP contribution in [-0.4, -0.2) is 42.8 Å². The van der Waals surface area contributed by atoms with Crippen molar-refractivity contribution in [2.45, 2.75) is 6.42 Å². The molecular formula is C19H18N4O2S. The Morgan fingerprint density at radius 2 is 2.00 bits per heavy atom. The van der Waals surface area contributed by atoms with E-state index >= 15 is 0 Å². The number of nitrogens with one attached hydrogen (secondary N) is 1. The number of rotatable bonds is 6. The number of benzene rings is 2. The van der Waals surface area contributed by atoms with Gasteiger partial charge in [0.1, 0.15) is 23.4 Å². The first-order valence-corrected chi connectivity index (χ1v) is 10.0. The van der Waals surface area contributed by atoms with E-state index in [2.05, 4.69) is 38.1 Å². The molecule has 0 radical (unpaired) electrons. The average Bonchev–Trinajstić information content (AvgIpc) is 3.08. The van der Waals surface area contributed by atoms with Crippen LogP contribution in [0.3, 0.4) is 0 Å². The normalized spacial score (nSPS) is 12.5. The van der Waals surface area contributed by atoms with Gasteiger partial charge in [-0.15, -0.1) is 0 Å². The maximum absolute atomic E-state index is 11.2. The van der Waals surface area contributed by atoms with E-state index in [0.717, 1.165) is 34.0 Å². The van der Waals surface area contributed by atoms with Gasteiger partial charge in [0.25, 0.3) is 0 Å². The monoisotopic (exact) mass is 366 g/mol. The van der Waals surface area contributed by atoms with Crippen molar-refractivity contribution in [2.75, 3.05) is 18.6 Å². The Hall–Kier alpha value is -2.80. The lowest BCUT2D eigenvalue weighted by molar-refractivity contribution is 0.320. The number of imidazole rings is 1. The van der Waals surface area contributed by atoms with E-state index in [9.17, 15) is 4.21 Å². The van der Waals surface area contributed by atoms with E-state index in [1.807, 2.05) is 18.2 Å². The van der Waals surface area contributed by atoms with Gasteiger partial charge in [0.2, 0.25) is 0 Å². The first-order valence-electron chi connectivity index (χ1n) is 8.32. The molecule has 0 fully saturated rings. The maximum Gasteiger partial charge on any atom is 0.181 e. The number of hydrogen-bond acceptors (Lipinski definition) is 5. The first kappa shape index (κ1) is 16.7. The molecule has 1 unspecified atom stereocenters. The molecule has 0 aliphatic heterocycles. The second kappa shape index (κ2) is 7.21. The molecule has 132 valence electrons. The van der Waals surface area contributed by atoms with Gasteiger partial charge in [-0.1, -0.05) is 24.3 Å². The van der Waals surface area contributed by atoms with E-state index in [1.165, 1.54) is 6.33 Å². The Morgan fingerprint density at radius 3 is 2.77 bits per heavy atom. The van der Waals surface area contributed by atoms with Crippen molar-refractivity contribution in [2.24, 2.45) is 0 Å². The van der Waals surface area contributed by atoms with Crippen LogP contribution in [0.4, 0.5) is 0 Å². The molecule has 0 saturated carbocycles. The van der Waals surface area contributed by atoms with E-state index in [-0.39, 0.29) is 0 Å². The van der Waals surface area contributed by atoms with Gasteiger partial charge in [-0.05, 0) is 29.3 Å².